The fraction of sp³-hybridized carbons (Fsp3) is 0.667. The summed E-state index contributed by atoms with van der Waals surface area (Å²) in [5, 5.41) is 2.71. The molecule has 1 aromatic heterocycles. The summed E-state index contributed by atoms with van der Waals surface area (Å²) in [5.74, 6) is 0.138. The zero-order valence-corrected chi connectivity index (χ0v) is 15.0. The molecule has 1 fully saturated rings. The van der Waals surface area contributed by atoms with Gasteiger partial charge in [-0.05, 0) is 43.9 Å². The number of nitrogens with one attached hydrogen (secondary N) is 2. The van der Waals surface area contributed by atoms with Crippen LogP contribution >= 0.6 is 11.3 Å². The van der Waals surface area contributed by atoms with E-state index in [1.165, 1.54) is 18.3 Å². The molecule has 0 radical (unpaired) electrons. The second-order valence-electron chi connectivity index (χ2n) is 5.96. The number of sulfonamides is 1. The molecule has 1 aromatic rings. The molecule has 0 bridgehead atoms. The minimum Gasteiger partial charge on any atom is -0.356 e. The smallest absolute Gasteiger partial charge is 0.250 e. The first-order valence-electron chi connectivity index (χ1n) is 7.98. The van der Waals surface area contributed by atoms with Crippen molar-refractivity contribution >= 4 is 27.3 Å². The fourth-order valence-electron chi connectivity index (χ4n) is 2.90. The van der Waals surface area contributed by atoms with Gasteiger partial charge < -0.3 is 11.1 Å². The van der Waals surface area contributed by atoms with Crippen LogP contribution in [0.5, 0.6) is 0 Å². The summed E-state index contributed by atoms with van der Waals surface area (Å²) in [6, 6.07) is 3.38. The van der Waals surface area contributed by atoms with Crippen molar-refractivity contribution in [1.29, 1.82) is 0 Å². The first-order valence-corrected chi connectivity index (χ1v) is 10.3. The Morgan fingerprint density at radius 1 is 1.35 bits per heavy atom. The van der Waals surface area contributed by atoms with Gasteiger partial charge in [0.2, 0.25) is 15.9 Å². The van der Waals surface area contributed by atoms with Crippen LogP contribution in [0, 0.1) is 5.92 Å². The Morgan fingerprint density at radius 2 is 2.09 bits per heavy atom. The van der Waals surface area contributed by atoms with E-state index in [1.807, 2.05) is 6.07 Å². The number of hydrogen-bond acceptors (Lipinski definition) is 5. The molecule has 6 nitrogen and oxygen atoms in total. The van der Waals surface area contributed by atoms with Gasteiger partial charge in [-0.2, -0.15) is 0 Å². The van der Waals surface area contributed by atoms with Gasteiger partial charge in [0.05, 0.1) is 0 Å². The third-order valence-corrected chi connectivity index (χ3v) is 7.29. The van der Waals surface area contributed by atoms with Crippen LogP contribution in [-0.2, 0) is 21.2 Å². The van der Waals surface area contributed by atoms with E-state index in [1.54, 1.807) is 6.07 Å². The van der Waals surface area contributed by atoms with Crippen LogP contribution in [0.2, 0.25) is 0 Å². The third-order valence-electron chi connectivity index (χ3n) is 4.17. The lowest BCUT2D eigenvalue weighted by Crippen LogP contribution is -2.44. The Hall–Kier alpha value is -0.960. The van der Waals surface area contributed by atoms with E-state index in [0.717, 1.165) is 30.6 Å². The summed E-state index contributed by atoms with van der Waals surface area (Å²) in [4.78, 5) is 11.8. The van der Waals surface area contributed by atoms with E-state index in [-0.39, 0.29) is 17.9 Å². The molecule has 1 aliphatic rings. The largest absolute Gasteiger partial charge is 0.356 e. The highest BCUT2D eigenvalue weighted by atomic mass is 32.2. The summed E-state index contributed by atoms with van der Waals surface area (Å²) in [7, 11) is -3.50. The minimum atomic E-state index is -3.50. The predicted molar refractivity (Wildman–Crippen MR) is 91.8 cm³/mol. The predicted octanol–water partition coefficient (Wildman–Crippen LogP) is 1.22. The van der Waals surface area contributed by atoms with Crippen LogP contribution in [-0.4, -0.2) is 33.5 Å². The molecular weight excluding hydrogens is 334 g/mol. The second-order valence-corrected chi connectivity index (χ2v) is 9.07. The van der Waals surface area contributed by atoms with Gasteiger partial charge in [0.25, 0.3) is 0 Å². The van der Waals surface area contributed by atoms with E-state index in [9.17, 15) is 13.2 Å². The lowest BCUT2D eigenvalue weighted by Gasteiger charge is -2.30. The molecule has 130 valence electrons. The zero-order valence-electron chi connectivity index (χ0n) is 13.4. The first-order chi connectivity index (χ1) is 10.9. The summed E-state index contributed by atoms with van der Waals surface area (Å²) in [5.41, 5.74) is 5.77. The molecule has 0 aromatic carbocycles. The first kappa shape index (κ1) is 18.4. The van der Waals surface area contributed by atoms with E-state index in [4.69, 9.17) is 5.73 Å². The Kier molecular flexibility index (Phi) is 6.58. The average Bonchev–Trinajstić information content (AvgIpc) is 2.97. The molecule has 4 N–H and O–H groups in total. The van der Waals surface area contributed by atoms with Crippen molar-refractivity contribution in [2.45, 2.75) is 49.3 Å². The topological polar surface area (TPSA) is 101 Å². The molecule has 0 spiro atoms. The Bertz CT molecular complexity index is 628. The fourth-order valence-corrected chi connectivity index (χ4v) is 5.61. The monoisotopic (exact) mass is 359 g/mol. The average molecular weight is 360 g/mol. The molecular formula is C15H25N3O3S2. The minimum absolute atomic E-state index is 0.0660. The maximum atomic E-state index is 12.5. The number of carbonyl (C=O) groups excluding carboxylic acids is 1. The quantitative estimate of drug-likeness (QED) is 0.681. The molecule has 1 saturated carbocycles. The van der Waals surface area contributed by atoms with E-state index < -0.39 is 10.0 Å². The maximum Gasteiger partial charge on any atom is 0.250 e. The molecule has 1 heterocycles. The Balaban J connectivity index is 1.99. The molecule has 2 atom stereocenters. The SMILES string of the molecule is CC(=O)NCCc1ccc(S(=O)(=O)NC2CCCCC2CN)s1. The second kappa shape index (κ2) is 8.23. The van der Waals surface area contributed by atoms with Crippen LogP contribution < -0.4 is 15.8 Å². The lowest BCUT2D eigenvalue weighted by molar-refractivity contribution is -0.118. The highest BCUT2D eigenvalue weighted by Crippen LogP contribution is 2.27. The third kappa shape index (κ3) is 5.27. The van der Waals surface area contributed by atoms with Gasteiger partial charge in [0, 0.05) is 24.4 Å². The summed E-state index contributed by atoms with van der Waals surface area (Å²) in [6.07, 6.45) is 4.62. The van der Waals surface area contributed by atoms with Gasteiger partial charge in [0.15, 0.2) is 0 Å². The number of nitrogens with two attached hydrogens (primary N) is 1. The van der Waals surface area contributed by atoms with Crippen LogP contribution in [0.15, 0.2) is 16.3 Å². The molecule has 2 rings (SSSR count). The molecule has 23 heavy (non-hydrogen) atoms. The van der Waals surface area contributed by atoms with Crippen LogP contribution in [0.1, 0.15) is 37.5 Å². The summed E-state index contributed by atoms with van der Waals surface area (Å²) in [6.45, 7) is 2.49. The van der Waals surface area contributed by atoms with Crippen molar-refractivity contribution in [3.63, 3.8) is 0 Å². The van der Waals surface area contributed by atoms with Crippen LogP contribution in [0.4, 0.5) is 0 Å². The maximum absolute atomic E-state index is 12.5. The molecule has 1 amide bonds. The normalized spacial score (nSPS) is 22.0. The molecule has 2 unspecified atom stereocenters. The van der Waals surface area contributed by atoms with Gasteiger partial charge in [0.1, 0.15) is 4.21 Å². The molecule has 0 aliphatic heterocycles. The van der Waals surface area contributed by atoms with Crippen LogP contribution in [0.3, 0.4) is 0 Å². The molecule has 0 saturated heterocycles. The highest BCUT2D eigenvalue weighted by Gasteiger charge is 2.29. The summed E-state index contributed by atoms with van der Waals surface area (Å²) >= 11 is 1.26. The zero-order chi connectivity index (χ0) is 16.9. The van der Waals surface area contributed by atoms with E-state index in [2.05, 4.69) is 10.0 Å². The standard InChI is InChI=1S/C15H25N3O3S2/c1-11(19)17-9-8-13-6-7-15(22-13)23(20,21)18-14-5-3-2-4-12(14)10-16/h6-7,12,14,18H,2-5,8-10,16H2,1H3,(H,17,19). The van der Waals surface area contributed by atoms with E-state index in [0.29, 0.717) is 23.7 Å². The van der Waals surface area contributed by atoms with Gasteiger partial charge in [-0.15, -0.1) is 11.3 Å². The number of hydrogen-bond donors (Lipinski definition) is 3. The lowest BCUT2D eigenvalue weighted by atomic mass is 9.85. The number of carbonyl (C=O) groups is 1. The highest BCUT2D eigenvalue weighted by molar-refractivity contribution is 7.91. The van der Waals surface area contributed by atoms with Crippen molar-refractivity contribution in [2.24, 2.45) is 11.7 Å². The van der Waals surface area contributed by atoms with Crippen molar-refractivity contribution in [3.8, 4) is 0 Å². The number of rotatable bonds is 7. The van der Waals surface area contributed by atoms with Gasteiger partial charge >= 0.3 is 0 Å². The summed E-state index contributed by atoms with van der Waals surface area (Å²) < 4.78 is 28.3. The van der Waals surface area contributed by atoms with Gasteiger partial charge in [-0.1, -0.05) is 12.8 Å². The molecule has 8 heteroatoms. The van der Waals surface area contributed by atoms with E-state index >= 15 is 0 Å². The number of thiophene rings is 1. The van der Waals surface area contributed by atoms with Crippen molar-refractivity contribution in [2.75, 3.05) is 13.1 Å². The Labute approximate surface area is 141 Å². The van der Waals surface area contributed by atoms with Crippen molar-refractivity contribution in [1.82, 2.24) is 10.0 Å². The van der Waals surface area contributed by atoms with Gasteiger partial charge in [-0.3, -0.25) is 4.79 Å². The molecule has 1 aliphatic carbocycles. The van der Waals surface area contributed by atoms with Crippen LogP contribution in [0.25, 0.3) is 0 Å². The van der Waals surface area contributed by atoms with Crippen molar-refractivity contribution < 1.29 is 13.2 Å². The van der Waals surface area contributed by atoms with Crippen molar-refractivity contribution in [3.05, 3.63) is 17.0 Å². The number of amides is 1. The Morgan fingerprint density at radius 3 is 2.78 bits per heavy atom. The van der Waals surface area contributed by atoms with Gasteiger partial charge in [-0.25, -0.2) is 13.1 Å².